The second-order valence-corrected chi connectivity index (χ2v) is 9.79. The van der Waals surface area contributed by atoms with Gasteiger partial charge >= 0.3 is 18.0 Å². The molecule has 3 atom stereocenters. The van der Waals surface area contributed by atoms with E-state index in [1.807, 2.05) is 48.5 Å². The summed E-state index contributed by atoms with van der Waals surface area (Å²) in [5.41, 5.74) is 4.01. The van der Waals surface area contributed by atoms with Crippen LogP contribution in [0, 0.1) is 0 Å². The summed E-state index contributed by atoms with van der Waals surface area (Å²) in [6.45, 7) is 2.56. The average molecular weight is 587 g/mol. The summed E-state index contributed by atoms with van der Waals surface area (Å²) in [5, 5.41) is 13.3. The van der Waals surface area contributed by atoms with Crippen molar-refractivity contribution in [2.45, 2.75) is 38.0 Å². The number of carbonyl (C=O) groups is 4. The lowest BCUT2D eigenvalue weighted by Gasteiger charge is -2.24. The molecule has 0 saturated carbocycles. The molecule has 2 amide bonds. The number of nitrogens with one attached hydrogen (secondary N) is 1. The molecule has 1 aliphatic heterocycles. The maximum atomic E-state index is 12.9. The second kappa shape index (κ2) is 11.4. The van der Waals surface area contributed by atoms with Crippen molar-refractivity contribution in [2.75, 3.05) is 20.3 Å². The topological polar surface area (TPSA) is 131 Å². The Kier molecular flexibility index (Phi) is 8.17. The van der Waals surface area contributed by atoms with Crippen molar-refractivity contribution in [3.05, 3.63) is 69.8 Å². The van der Waals surface area contributed by atoms with Gasteiger partial charge in [0.25, 0.3) is 0 Å². The smallest absolute Gasteiger partial charge is 0.410 e. The maximum Gasteiger partial charge on any atom is 0.410 e. The van der Waals surface area contributed by atoms with Gasteiger partial charge in [-0.3, -0.25) is 14.5 Å². The number of methoxy groups -OCH3 is 1. The highest BCUT2D eigenvalue weighted by atomic mass is 79.9. The van der Waals surface area contributed by atoms with Crippen molar-refractivity contribution in [1.29, 1.82) is 0 Å². The monoisotopic (exact) mass is 586 g/mol. The van der Waals surface area contributed by atoms with Crippen LogP contribution >= 0.6 is 15.9 Å². The van der Waals surface area contributed by atoms with Crippen LogP contribution in [0.5, 0.6) is 0 Å². The third-order valence-electron chi connectivity index (χ3n) is 6.40. The Hall–Kier alpha value is -3.70. The van der Waals surface area contributed by atoms with Gasteiger partial charge in [0.15, 0.2) is 6.10 Å². The molecule has 38 heavy (non-hydrogen) atoms. The first-order chi connectivity index (χ1) is 18.1. The fourth-order valence-corrected chi connectivity index (χ4v) is 5.24. The van der Waals surface area contributed by atoms with E-state index in [9.17, 15) is 24.3 Å². The predicted molar refractivity (Wildman–Crippen MR) is 139 cm³/mol. The molecule has 0 aromatic heterocycles. The number of hydrogen-bond donors (Lipinski definition) is 2. The largest absolute Gasteiger partial charge is 0.464 e. The lowest BCUT2D eigenvalue weighted by Crippen LogP contribution is -2.40. The molecule has 0 unspecified atom stereocenters. The average Bonchev–Trinajstić information content (AvgIpc) is 3.64. The first-order valence-corrected chi connectivity index (χ1v) is 12.7. The number of hydrogen-bond acceptors (Lipinski definition) is 8. The Morgan fingerprint density at radius 1 is 1.05 bits per heavy atom. The molecule has 4 rings (SSSR count). The van der Waals surface area contributed by atoms with Crippen molar-refractivity contribution in [1.82, 2.24) is 10.2 Å². The van der Waals surface area contributed by atoms with E-state index >= 15 is 0 Å². The van der Waals surface area contributed by atoms with Crippen molar-refractivity contribution in [3.8, 4) is 11.1 Å². The van der Waals surface area contributed by atoms with Crippen LogP contribution in [-0.2, 0) is 28.6 Å². The Balaban J connectivity index is 1.47. The van der Waals surface area contributed by atoms with Gasteiger partial charge in [0, 0.05) is 26.3 Å². The number of halogens is 1. The molecule has 2 aromatic carbocycles. The van der Waals surface area contributed by atoms with Crippen LogP contribution in [0.1, 0.15) is 30.9 Å². The van der Waals surface area contributed by atoms with Gasteiger partial charge in [-0.2, -0.15) is 0 Å². The van der Waals surface area contributed by atoms with Gasteiger partial charge in [0.1, 0.15) is 18.4 Å². The minimum Gasteiger partial charge on any atom is -0.464 e. The number of aliphatic hydroxyl groups is 1. The summed E-state index contributed by atoms with van der Waals surface area (Å²) in [6.07, 6.45) is -3.46. The summed E-state index contributed by atoms with van der Waals surface area (Å²) in [4.78, 5) is 49.8. The van der Waals surface area contributed by atoms with E-state index in [-0.39, 0.29) is 29.2 Å². The normalized spacial score (nSPS) is 17.8. The molecular formula is C27H27BrN2O8. The lowest BCUT2D eigenvalue weighted by molar-refractivity contribution is -0.149. The van der Waals surface area contributed by atoms with Crippen molar-refractivity contribution >= 4 is 39.9 Å². The second-order valence-electron chi connectivity index (χ2n) is 8.94. The number of rotatable bonds is 8. The van der Waals surface area contributed by atoms with E-state index < -0.39 is 42.2 Å². The minimum atomic E-state index is -1.43. The van der Waals surface area contributed by atoms with E-state index in [1.54, 1.807) is 0 Å². The molecule has 0 spiro atoms. The Morgan fingerprint density at radius 2 is 1.63 bits per heavy atom. The van der Waals surface area contributed by atoms with Gasteiger partial charge in [0.2, 0.25) is 5.91 Å². The molecule has 1 aliphatic carbocycles. The summed E-state index contributed by atoms with van der Waals surface area (Å²) >= 11 is 3.16. The molecule has 1 saturated heterocycles. The van der Waals surface area contributed by atoms with Gasteiger partial charge in [0.05, 0.1) is 17.6 Å². The first kappa shape index (κ1) is 27.3. The SMILES string of the molecule is COC(=O)/C(NC(C)=O)=C(\Br)[C@@H](OC(C)=O)[C@H](O)[C@@H]1CN1C(=O)OCC1c2ccccc2-c2ccccc21. The molecule has 2 aromatic rings. The van der Waals surface area contributed by atoms with Crippen LogP contribution in [-0.4, -0.2) is 72.5 Å². The summed E-state index contributed by atoms with van der Waals surface area (Å²) < 4.78 is 15.5. The van der Waals surface area contributed by atoms with Crippen molar-refractivity contribution in [3.63, 3.8) is 0 Å². The highest BCUT2D eigenvalue weighted by Gasteiger charge is 2.50. The summed E-state index contributed by atoms with van der Waals surface area (Å²) in [5.74, 6) is -2.36. The van der Waals surface area contributed by atoms with Gasteiger partial charge in [-0.25, -0.2) is 9.59 Å². The molecular weight excluding hydrogens is 560 g/mol. The molecule has 200 valence electrons. The summed E-state index contributed by atoms with van der Waals surface area (Å²) in [7, 11) is 1.11. The molecule has 11 heteroatoms. The van der Waals surface area contributed by atoms with Crippen molar-refractivity contribution in [2.24, 2.45) is 0 Å². The minimum absolute atomic E-state index is 0.109. The van der Waals surface area contributed by atoms with Crippen LogP contribution in [0.15, 0.2) is 58.7 Å². The first-order valence-electron chi connectivity index (χ1n) is 11.9. The summed E-state index contributed by atoms with van der Waals surface area (Å²) in [6, 6.07) is 15.2. The quantitative estimate of drug-likeness (QED) is 0.209. The van der Waals surface area contributed by atoms with E-state index in [4.69, 9.17) is 9.47 Å². The Morgan fingerprint density at radius 3 is 2.16 bits per heavy atom. The van der Waals surface area contributed by atoms with Gasteiger partial charge in [-0.05, 0) is 38.2 Å². The number of ether oxygens (including phenoxy) is 3. The number of amides is 2. The molecule has 0 bridgehead atoms. The number of benzene rings is 2. The third kappa shape index (κ3) is 5.58. The van der Waals surface area contributed by atoms with Crippen LogP contribution in [0.2, 0.25) is 0 Å². The zero-order valence-corrected chi connectivity index (χ0v) is 22.6. The van der Waals surface area contributed by atoms with Gasteiger partial charge < -0.3 is 24.6 Å². The fraction of sp³-hybridized carbons (Fsp3) is 0.333. The van der Waals surface area contributed by atoms with Gasteiger partial charge in [-0.15, -0.1) is 0 Å². The van der Waals surface area contributed by atoms with Crippen LogP contribution in [0.4, 0.5) is 4.79 Å². The van der Waals surface area contributed by atoms with E-state index in [1.165, 1.54) is 11.8 Å². The standard InChI is InChI=1S/C27H27BrN2O8/c1-14(31)29-23(26(34)36-3)22(28)25(38-15(2)32)24(33)21-12-30(21)27(35)37-13-20-18-10-6-4-8-16(18)17-9-5-7-11-19(17)20/h4-11,20-21,24-25,33H,12-13H2,1-3H3,(H,29,31)/b23-22+/t21-,24+,25+,30?/m0/s1. The number of aliphatic hydroxyl groups excluding tert-OH is 1. The Labute approximate surface area is 227 Å². The Bertz CT molecular complexity index is 1260. The number of esters is 2. The predicted octanol–water partition coefficient (Wildman–Crippen LogP) is 2.83. The van der Waals surface area contributed by atoms with Crippen LogP contribution < -0.4 is 5.32 Å². The highest BCUT2D eigenvalue weighted by Crippen LogP contribution is 2.44. The third-order valence-corrected chi connectivity index (χ3v) is 7.25. The lowest BCUT2D eigenvalue weighted by atomic mass is 9.98. The van der Waals surface area contributed by atoms with Crippen molar-refractivity contribution < 1.29 is 38.5 Å². The molecule has 0 radical (unpaired) electrons. The van der Waals surface area contributed by atoms with E-state index in [2.05, 4.69) is 26.0 Å². The molecule has 1 fully saturated rings. The molecule has 10 nitrogen and oxygen atoms in total. The zero-order valence-electron chi connectivity index (χ0n) is 21.0. The van der Waals surface area contributed by atoms with E-state index in [0.717, 1.165) is 36.3 Å². The maximum absolute atomic E-state index is 12.9. The number of fused-ring (bicyclic) bond motifs is 3. The molecule has 2 aliphatic rings. The number of nitrogens with zero attached hydrogens (tertiary/aromatic N) is 1. The molecule has 2 N–H and O–H groups in total. The van der Waals surface area contributed by atoms with Crippen LogP contribution in [0.25, 0.3) is 11.1 Å². The van der Waals surface area contributed by atoms with Crippen LogP contribution in [0.3, 0.4) is 0 Å². The number of carbonyl (C=O) groups excluding carboxylic acids is 4. The van der Waals surface area contributed by atoms with Gasteiger partial charge in [-0.1, -0.05) is 48.5 Å². The molecule has 1 heterocycles. The zero-order chi connectivity index (χ0) is 27.6. The fourth-order valence-electron chi connectivity index (χ4n) is 4.61. The highest BCUT2D eigenvalue weighted by molar-refractivity contribution is 9.11. The van der Waals surface area contributed by atoms with E-state index in [0.29, 0.717) is 0 Å².